The maximum absolute atomic E-state index is 11.6. The topological polar surface area (TPSA) is 65.2 Å². The second-order valence-corrected chi connectivity index (χ2v) is 3.81. The van der Waals surface area contributed by atoms with Crippen molar-refractivity contribution in [2.75, 3.05) is 12.3 Å². The summed E-state index contributed by atoms with van der Waals surface area (Å²) in [5.41, 5.74) is 8.68. The zero-order valence-electron chi connectivity index (χ0n) is 9.86. The van der Waals surface area contributed by atoms with Crippen LogP contribution in [0.5, 0.6) is 0 Å². The van der Waals surface area contributed by atoms with Crippen LogP contribution in [0.4, 0.5) is 5.69 Å². The molecule has 0 aliphatic rings. The molecule has 1 aromatic heterocycles. The SMILES string of the molecule is CCOC(=O)c1ccc2nc(C)cc(N)c2c1. The zero-order chi connectivity index (χ0) is 12.4. The molecule has 2 aromatic rings. The largest absolute Gasteiger partial charge is 0.462 e. The standard InChI is InChI=1S/C13H14N2O2/c1-3-17-13(16)9-4-5-12-10(7-9)11(14)6-8(2)15-12/h4-7H,3H2,1-2H3,(H2,14,15). The molecule has 0 aliphatic carbocycles. The lowest BCUT2D eigenvalue weighted by atomic mass is 10.1. The fraction of sp³-hybridized carbons (Fsp3) is 0.231. The first-order valence-corrected chi connectivity index (χ1v) is 5.46. The van der Waals surface area contributed by atoms with E-state index in [1.54, 1.807) is 31.2 Å². The van der Waals surface area contributed by atoms with E-state index in [0.717, 1.165) is 16.6 Å². The van der Waals surface area contributed by atoms with Crippen LogP contribution < -0.4 is 5.73 Å². The molecule has 88 valence electrons. The first-order valence-electron chi connectivity index (χ1n) is 5.46. The van der Waals surface area contributed by atoms with E-state index in [-0.39, 0.29) is 5.97 Å². The van der Waals surface area contributed by atoms with Crippen LogP contribution in [0.15, 0.2) is 24.3 Å². The van der Waals surface area contributed by atoms with Crippen LogP contribution >= 0.6 is 0 Å². The van der Waals surface area contributed by atoms with Crippen molar-refractivity contribution < 1.29 is 9.53 Å². The number of benzene rings is 1. The molecule has 17 heavy (non-hydrogen) atoms. The molecule has 0 saturated carbocycles. The Bertz CT molecular complexity index is 579. The lowest BCUT2D eigenvalue weighted by molar-refractivity contribution is 0.0526. The predicted molar refractivity (Wildman–Crippen MR) is 66.8 cm³/mol. The Morgan fingerprint density at radius 3 is 2.88 bits per heavy atom. The van der Waals surface area contributed by atoms with Crippen molar-refractivity contribution >= 4 is 22.6 Å². The third kappa shape index (κ3) is 2.20. The minimum Gasteiger partial charge on any atom is -0.462 e. The molecule has 1 aromatic carbocycles. The summed E-state index contributed by atoms with van der Waals surface area (Å²) in [6.45, 7) is 4.02. The van der Waals surface area contributed by atoms with E-state index < -0.39 is 0 Å². The van der Waals surface area contributed by atoms with Crippen molar-refractivity contribution in [1.29, 1.82) is 0 Å². The van der Waals surface area contributed by atoms with Crippen LogP contribution in [0.3, 0.4) is 0 Å². The molecule has 1 heterocycles. The van der Waals surface area contributed by atoms with E-state index in [1.165, 1.54) is 0 Å². The minimum absolute atomic E-state index is 0.339. The molecule has 4 nitrogen and oxygen atoms in total. The van der Waals surface area contributed by atoms with Gasteiger partial charge in [-0.05, 0) is 38.1 Å². The summed E-state index contributed by atoms with van der Waals surface area (Å²) in [5.74, 6) is -0.339. The van der Waals surface area contributed by atoms with E-state index in [0.29, 0.717) is 17.9 Å². The van der Waals surface area contributed by atoms with Gasteiger partial charge in [0.05, 0.1) is 17.7 Å². The van der Waals surface area contributed by atoms with E-state index in [4.69, 9.17) is 10.5 Å². The number of hydrogen-bond acceptors (Lipinski definition) is 4. The van der Waals surface area contributed by atoms with Gasteiger partial charge < -0.3 is 10.5 Å². The molecule has 0 aliphatic heterocycles. The maximum Gasteiger partial charge on any atom is 0.338 e. The van der Waals surface area contributed by atoms with Crippen LogP contribution in [0, 0.1) is 6.92 Å². The number of esters is 1. The number of anilines is 1. The van der Waals surface area contributed by atoms with Gasteiger partial charge in [0, 0.05) is 16.8 Å². The highest BCUT2D eigenvalue weighted by molar-refractivity contribution is 5.98. The molecule has 0 atom stereocenters. The lowest BCUT2D eigenvalue weighted by Crippen LogP contribution is -2.04. The zero-order valence-corrected chi connectivity index (χ0v) is 9.86. The highest BCUT2D eigenvalue weighted by Crippen LogP contribution is 2.22. The summed E-state index contributed by atoms with van der Waals surface area (Å²) in [4.78, 5) is 15.9. The second kappa shape index (κ2) is 4.41. The van der Waals surface area contributed by atoms with Crippen LogP contribution in [-0.4, -0.2) is 17.6 Å². The number of fused-ring (bicyclic) bond motifs is 1. The summed E-state index contributed by atoms with van der Waals surface area (Å²) in [6, 6.07) is 6.99. The molecule has 0 saturated heterocycles. The normalized spacial score (nSPS) is 10.5. The molecule has 0 spiro atoms. The first-order chi connectivity index (χ1) is 8.11. The number of hydrogen-bond donors (Lipinski definition) is 1. The van der Waals surface area contributed by atoms with Gasteiger partial charge in [0.2, 0.25) is 0 Å². The van der Waals surface area contributed by atoms with Crippen molar-refractivity contribution in [2.45, 2.75) is 13.8 Å². The Morgan fingerprint density at radius 1 is 1.41 bits per heavy atom. The Hall–Kier alpha value is -2.10. The van der Waals surface area contributed by atoms with Gasteiger partial charge in [-0.1, -0.05) is 0 Å². The summed E-state index contributed by atoms with van der Waals surface area (Å²) < 4.78 is 4.94. The highest BCUT2D eigenvalue weighted by atomic mass is 16.5. The van der Waals surface area contributed by atoms with Crippen molar-refractivity contribution in [1.82, 2.24) is 4.98 Å². The van der Waals surface area contributed by atoms with Gasteiger partial charge in [-0.3, -0.25) is 4.98 Å². The Balaban J connectivity index is 2.54. The molecule has 0 radical (unpaired) electrons. The van der Waals surface area contributed by atoms with Crippen molar-refractivity contribution in [3.63, 3.8) is 0 Å². The van der Waals surface area contributed by atoms with Crippen LogP contribution in [-0.2, 0) is 4.74 Å². The number of nitrogens with zero attached hydrogens (tertiary/aromatic N) is 1. The highest BCUT2D eigenvalue weighted by Gasteiger charge is 2.09. The minimum atomic E-state index is -0.339. The van der Waals surface area contributed by atoms with Gasteiger partial charge in [0.25, 0.3) is 0 Å². The third-order valence-corrected chi connectivity index (χ3v) is 2.48. The molecule has 2 rings (SSSR count). The van der Waals surface area contributed by atoms with Crippen LogP contribution in [0.1, 0.15) is 23.0 Å². The average Bonchev–Trinajstić information content (AvgIpc) is 2.28. The number of carbonyl (C=O) groups is 1. The van der Waals surface area contributed by atoms with E-state index >= 15 is 0 Å². The molecule has 0 bridgehead atoms. The summed E-state index contributed by atoms with van der Waals surface area (Å²) in [7, 11) is 0. The van der Waals surface area contributed by atoms with Crippen LogP contribution in [0.2, 0.25) is 0 Å². The third-order valence-electron chi connectivity index (χ3n) is 2.48. The Kier molecular flexibility index (Phi) is 2.95. The predicted octanol–water partition coefficient (Wildman–Crippen LogP) is 2.30. The number of rotatable bonds is 2. The quantitative estimate of drug-likeness (QED) is 0.804. The van der Waals surface area contributed by atoms with Gasteiger partial charge in [-0.25, -0.2) is 4.79 Å². The van der Waals surface area contributed by atoms with E-state index in [2.05, 4.69) is 4.98 Å². The lowest BCUT2D eigenvalue weighted by Gasteiger charge is -2.06. The molecule has 4 heteroatoms. The summed E-state index contributed by atoms with van der Waals surface area (Å²) >= 11 is 0. The average molecular weight is 230 g/mol. The van der Waals surface area contributed by atoms with Crippen LogP contribution in [0.25, 0.3) is 10.9 Å². The fourth-order valence-electron chi connectivity index (χ4n) is 1.73. The van der Waals surface area contributed by atoms with E-state index in [9.17, 15) is 4.79 Å². The maximum atomic E-state index is 11.6. The van der Waals surface area contributed by atoms with Crippen molar-refractivity contribution in [3.05, 3.63) is 35.5 Å². The molecular weight excluding hydrogens is 216 g/mol. The van der Waals surface area contributed by atoms with Gasteiger partial charge >= 0.3 is 5.97 Å². The number of nitrogens with two attached hydrogens (primary N) is 1. The molecular formula is C13H14N2O2. The summed E-state index contributed by atoms with van der Waals surface area (Å²) in [5, 5.41) is 0.779. The number of ether oxygens (including phenoxy) is 1. The van der Waals surface area contributed by atoms with E-state index in [1.807, 2.05) is 6.92 Å². The number of carbonyl (C=O) groups excluding carboxylic acids is 1. The molecule has 2 N–H and O–H groups in total. The number of aromatic nitrogens is 1. The number of pyridine rings is 1. The van der Waals surface area contributed by atoms with Gasteiger partial charge in [-0.2, -0.15) is 0 Å². The fourth-order valence-corrected chi connectivity index (χ4v) is 1.73. The van der Waals surface area contributed by atoms with Gasteiger partial charge in [-0.15, -0.1) is 0 Å². The molecule has 0 unspecified atom stereocenters. The van der Waals surface area contributed by atoms with Gasteiger partial charge in [0.1, 0.15) is 0 Å². The monoisotopic (exact) mass is 230 g/mol. The molecule has 0 amide bonds. The smallest absolute Gasteiger partial charge is 0.338 e. The van der Waals surface area contributed by atoms with Crippen molar-refractivity contribution in [3.8, 4) is 0 Å². The summed E-state index contributed by atoms with van der Waals surface area (Å²) in [6.07, 6.45) is 0. The molecule has 0 fully saturated rings. The number of nitrogen functional groups attached to an aromatic ring is 1. The van der Waals surface area contributed by atoms with Crippen molar-refractivity contribution in [2.24, 2.45) is 0 Å². The Morgan fingerprint density at radius 2 is 2.18 bits per heavy atom. The Labute approximate surface area is 99.4 Å². The second-order valence-electron chi connectivity index (χ2n) is 3.81. The number of aryl methyl sites for hydroxylation is 1. The van der Waals surface area contributed by atoms with Gasteiger partial charge in [0.15, 0.2) is 0 Å². The first kappa shape index (κ1) is 11.4.